The Balaban J connectivity index is 1.03. The molecule has 4 aromatic carbocycles. The zero-order chi connectivity index (χ0) is 37.0. The van der Waals surface area contributed by atoms with Crippen molar-refractivity contribution in [3.8, 4) is 11.1 Å². The van der Waals surface area contributed by atoms with E-state index in [2.05, 4.69) is 16.7 Å². The van der Waals surface area contributed by atoms with Gasteiger partial charge in [-0.1, -0.05) is 90.6 Å². The molecule has 11 heteroatoms. The molecule has 1 saturated heterocycles. The first-order chi connectivity index (χ1) is 25.8. The molecule has 0 radical (unpaired) electrons. The first-order valence-electron chi connectivity index (χ1n) is 17.8. The van der Waals surface area contributed by atoms with Crippen LogP contribution < -0.4 is 21.1 Å². The minimum Gasteiger partial charge on any atom is -0.618 e. The maximum absolute atomic E-state index is 12.6. The van der Waals surface area contributed by atoms with Crippen LogP contribution in [0.15, 0.2) is 126 Å². The van der Waals surface area contributed by atoms with Gasteiger partial charge in [0.05, 0.1) is 30.2 Å². The number of nitrogen functional groups attached to an aromatic ring is 1. The van der Waals surface area contributed by atoms with Gasteiger partial charge in [0.25, 0.3) is 5.03 Å². The number of thioether (sulfide) groups is 1. The van der Waals surface area contributed by atoms with E-state index in [1.165, 1.54) is 18.0 Å². The second kappa shape index (κ2) is 18.5. The molecular weight excluding hydrogens is 689 g/mol. The molecule has 53 heavy (non-hydrogen) atoms. The summed E-state index contributed by atoms with van der Waals surface area (Å²) in [5, 5.41) is 28.2. The number of amides is 2. The lowest BCUT2D eigenvalue weighted by Crippen LogP contribution is -2.32. The summed E-state index contributed by atoms with van der Waals surface area (Å²) < 4.78 is 13.8. The van der Waals surface area contributed by atoms with Crippen LogP contribution in [-0.2, 0) is 32.2 Å². The van der Waals surface area contributed by atoms with Gasteiger partial charge < -0.3 is 36.2 Å². The van der Waals surface area contributed by atoms with E-state index in [1.54, 1.807) is 24.3 Å². The van der Waals surface area contributed by atoms with Crippen LogP contribution in [0.2, 0.25) is 0 Å². The lowest BCUT2D eigenvalue weighted by molar-refractivity contribution is -0.645. The van der Waals surface area contributed by atoms with Gasteiger partial charge in [0.15, 0.2) is 12.5 Å². The van der Waals surface area contributed by atoms with E-state index in [0.29, 0.717) is 60.8 Å². The molecule has 0 unspecified atom stereocenters. The molecule has 0 saturated carbocycles. The van der Waals surface area contributed by atoms with Crippen LogP contribution in [0.4, 0.5) is 11.4 Å². The quantitative estimate of drug-likeness (QED) is 0.0290. The fourth-order valence-electron chi connectivity index (χ4n) is 6.10. The molecule has 1 aromatic heterocycles. The number of para-hydroxylation sites is 2. The highest BCUT2D eigenvalue weighted by atomic mass is 32.2. The number of carbonyl (C=O) groups excluding carboxylic acids is 2. The van der Waals surface area contributed by atoms with E-state index in [4.69, 9.17) is 15.2 Å². The zero-order valence-electron chi connectivity index (χ0n) is 29.4. The van der Waals surface area contributed by atoms with Gasteiger partial charge in [-0.05, 0) is 64.9 Å². The highest BCUT2D eigenvalue weighted by Crippen LogP contribution is 2.39. The third kappa shape index (κ3) is 10.7. The average molecular weight is 733 g/mol. The highest BCUT2D eigenvalue weighted by Gasteiger charge is 2.32. The van der Waals surface area contributed by atoms with E-state index in [1.807, 2.05) is 84.9 Å². The summed E-state index contributed by atoms with van der Waals surface area (Å²) in [5.74, 6) is 0.401. The van der Waals surface area contributed by atoms with E-state index in [-0.39, 0.29) is 30.6 Å². The van der Waals surface area contributed by atoms with Crippen molar-refractivity contribution in [2.75, 3.05) is 16.8 Å². The molecule has 6 rings (SSSR count). The number of nitrogens with two attached hydrogens (primary N) is 1. The Hall–Kier alpha value is -5.20. The van der Waals surface area contributed by atoms with Gasteiger partial charge in [-0.2, -0.15) is 4.73 Å². The fraction of sp³-hybridized carbons (Fsp3) is 0.262. The third-order valence-corrected chi connectivity index (χ3v) is 10.2. The molecule has 5 aromatic rings. The van der Waals surface area contributed by atoms with Crippen LogP contribution >= 0.6 is 11.8 Å². The summed E-state index contributed by atoms with van der Waals surface area (Å²) >= 11 is 1.46. The molecule has 1 aliphatic rings. The number of pyridine rings is 1. The normalized spacial score (nSPS) is 16.9. The van der Waals surface area contributed by atoms with Crippen molar-refractivity contribution < 1.29 is 28.9 Å². The number of rotatable bonds is 15. The number of ether oxygens (including phenoxy) is 2. The zero-order valence-corrected chi connectivity index (χ0v) is 30.2. The number of aromatic nitrogens is 1. The molecule has 274 valence electrons. The lowest BCUT2D eigenvalue weighted by Gasteiger charge is -2.36. The maximum atomic E-state index is 12.6. The number of aliphatic hydroxyl groups excluding tert-OH is 1. The number of aliphatic hydroxyl groups is 1. The molecule has 5 N–H and O–H groups in total. The first kappa shape index (κ1) is 37.6. The standard InChI is InChI=1S/C42H44N4O6S/c43-36-10-1-2-11-37(36)45-40(49)13-4-3-12-39(48)44-26-30-8-7-9-34(24-30)31-19-21-33(22-20-31)42-51-35(28-53-41-14-5-6-23-46(41)50)25-38(52-42)32-17-15-29(27-47)16-18-32/h1-2,5-11,14-24,35,38,42,47H,3-4,12-13,25-28,43H2,(H,44,48)(H,45,49)/t35-,38+,42+/m1/s1. The van der Waals surface area contributed by atoms with Crippen molar-refractivity contribution in [3.63, 3.8) is 0 Å². The van der Waals surface area contributed by atoms with Crippen LogP contribution in [0.25, 0.3) is 11.1 Å². The number of hydrogen-bond donors (Lipinski definition) is 4. The van der Waals surface area contributed by atoms with Gasteiger partial charge in [-0.25, -0.2) is 0 Å². The summed E-state index contributed by atoms with van der Waals surface area (Å²) in [7, 11) is 0. The molecule has 3 atom stereocenters. The molecule has 0 aliphatic carbocycles. The summed E-state index contributed by atoms with van der Waals surface area (Å²) in [6.07, 6.45) is 2.96. The third-order valence-electron chi connectivity index (χ3n) is 9.05. The van der Waals surface area contributed by atoms with Crippen molar-refractivity contribution >= 4 is 35.0 Å². The molecular formula is C42H44N4O6S. The molecule has 1 fully saturated rings. The van der Waals surface area contributed by atoms with Crippen molar-refractivity contribution in [2.45, 2.75) is 68.8 Å². The summed E-state index contributed by atoms with van der Waals surface area (Å²) in [6.45, 7) is 0.375. The number of nitrogens with one attached hydrogen (secondary N) is 2. The Morgan fingerprint density at radius 1 is 0.811 bits per heavy atom. The minimum atomic E-state index is -0.611. The second-order valence-corrected chi connectivity index (χ2v) is 14.0. The van der Waals surface area contributed by atoms with Gasteiger partial charge in [0.2, 0.25) is 11.8 Å². The number of unbranched alkanes of at least 4 members (excludes halogenated alkanes) is 1. The molecule has 10 nitrogen and oxygen atoms in total. The van der Waals surface area contributed by atoms with Crippen LogP contribution in [0.5, 0.6) is 0 Å². The van der Waals surface area contributed by atoms with Gasteiger partial charge in [-0.3, -0.25) is 9.59 Å². The average Bonchev–Trinajstić information content (AvgIpc) is 3.19. The molecule has 0 spiro atoms. The van der Waals surface area contributed by atoms with Gasteiger partial charge >= 0.3 is 0 Å². The van der Waals surface area contributed by atoms with E-state index < -0.39 is 6.29 Å². The number of nitrogens with zero attached hydrogens (tertiary/aromatic N) is 1. The summed E-state index contributed by atoms with van der Waals surface area (Å²) in [5.41, 5.74) is 12.7. The number of hydrogen-bond acceptors (Lipinski definition) is 8. The van der Waals surface area contributed by atoms with Crippen molar-refractivity contribution in [1.82, 2.24) is 5.32 Å². The molecule has 0 bridgehead atoms. The largest absolute Gasteiger partial charge is 0.618 e. The van der Waals surface area contributed by atoms with E-state index in [9.17, 15) is 19.9 Å². The van der Waals surface area contributed by atoms with Gasteiger partial charge in [0.1, 0.15) is 0 Å². The Morgan fingerprint density at radius 2 is 1.55 bits per heavy atom. The van der Waals surface area contributed by atoms with Crippen LogP contribution in [0.3, 0.4) is 0 Å². The maximum Gasteiger partial charge on any atom is 0.251 e. The van der Waals surface area contributed by atoms with Crippen molar-refractivity contribution in [1.29, 1.82) is 0 Å². The predicted molar refractivity (Wildman–Crippen MR) is 206 cm³/mol. The Labute approximate surface area is 313 Å². The lowest BCUT2D eigenvalue weighted by atomic mass is 9.99. The minimum absolute atomic E-state index is 0.0253. The molecule has 2 heterocycles. The molecule has 2 amide bonds. The van der Waals surface area contributed by atoms with Gasteiger partial charge in [0, 0.05) is 49.3 Å². The topological polar surface area (TPSA) is 150 Å². The first-order valence-corrected chi connectivity index (χ1v) is 18.7. The molecule has 1 aliphatic heterocycles. The fourth-order valence-corrected chi connectivity index (χ4v) is 7.04. The number of benzene rings is 4. The highest BCUT2D eigenvalue weighted by molar-refractivity contribution is 7.99. The monoisotopic (exact) mass is 732 g/mol. The van der Waals surface area contributed by atoms with Crippen LogP contribution in [0.1, 0.15) is 66.8 Å². The summed E-state index contributed by atoms with van der Waals surface area (Å²) in [6, 6.07) is 36.4. The SMILES string of the molecule is Nc1ccccc1NC(=O)CCCCC(=O)NCc1cccc(-c2ccc([C@H]3O[C@@H](CSc4cccc[n+]4[O-])C[C@@H](c4ccc(CO)cc4)O3)cc2)c1. The van der Waals surface area contributed by atoms with Crippen LogP contribution in [-0.4, -0.2) is 28.8 Å². The summed E-state index contributed by atoms with van der Waals surface area (Å²) in [4.78, 5) is 24.8. The Bertz CT molecular complexity index is 1970. The van der Waals surface area contributed by atoms with Crippen molar-refractivity contribution in [2.24, 2.45) is 0 Å². The second-order valence-electron chi connectivity index (χ2n) is 13.0. The number of anilines is 2. The van der Waals surface area contributed by atoms with E-state index >= 15 is 0 Å². The van der Waals surface area contributed by atoms with Gasteiger partial charge in [-0.15, -0.1) is 0 Å². The van der Waals surface area contributed by atoms with Crippen LogP contribution in [0, 0.1) is 5.21 Å². The van der Waals surface area contributed by atoms with Crippen molar-refractivity contribution in [3.05, 3.63) is 149 Å². The number of carbonyl (C=O) groups is 2. The smallest absolute Gasteiger partial charge is 0.251 e. The Kier molecular flexibility index (Phi) is 13.1. The van der Waals surface area contributed by atoms with E-state index in [0.717, 1.165) is 38.1 Å². The Morgan fingerprint density at radius 3 is 2.30 bits per heavy atom. The predicted octanol–water partition coefficient (Wildman–Crippen LogP) is 7.21.